The molecule has 7 rings (SSSR count). The monoisotopic (exact) mass is 570 g/mol. The van der Waals surface area contributed by atoms with E-state index < -0.39 is 0 Å². The van der Waals surface area contributed by atoms with E-state index in [0.717, 1.165) is 55.2 Å². The van der Waals surface area contributed by atoms with Crippen molar-refractivity contribution in [2.75, 3.05) is 32.8 Å². The second-order valence-corrected chi connectivity index (χ2v) is 13.9. The quantitative estimate of drug-likeness (QED) is 0.389. The highest BCUT2D eigenvalue weighted by Gasteiger charge is 2.66. The molecule has 6 nitrogen and oxygen atoms in total. The van der Waals surface area contributed by atoms with Crippen molar-refractivity contribution >= 4 is 12.0 Å². The molecule has 6 heteroatoms. The number of carbonyl (C=O) groups is 1. The number of rotatable bonds is 10. The van der Waals surface area contributed by atoms with E-state index in [1.54, 1.807) is 6.08 Å². The lowest BCUT2D eigenvalue weighted by atomic mass is 9.51. The molecule has 224 valence electrons. The summed E-state index contributed by atoms with van der Waals surface area (Å²) in [4.78, 5) is 19.0. The van der Waals surface area contributed by atoms with Gasteiger partial charge in [0.2, 0.25) is 5.91 Å². The second-order valence-electron chi connectivity index (χ2n) is 13.9. The Morgan fingerprint density at radius 1 is 1.21 bits per heavy atom. The Balaban J connectivity index is 1.26. The van der Waals surface area contributed by atoms with Crippen LogP contribution in [0.2, 0.25) is 0 Å². The van der Waals surface area contributed by atoms with Gasteiger partial charge < -0.3 is 19.5 Å². The Morgan fingerprint density at radius 3 is 2.83 bits per heavy atom. The predicted octanol–water partition coefficient (Wildman–Crippen LogP) is 5.38. The first-order chi connectivity index (χ1) is 20.4. The van der Waals surface area contributed by atoms with Gasteiger partial charge in [-0.25, -0.2) is 0 Å². The number of ether oxygens (including phenoxy) is 2. The zero-order chi connectivity index (χ0) is 29.0. The van der Waals surface area contributed by atoms with E-state index in [1.807, 2.05) is 12.1 Å². The highest BCUT2D eigenvalue weighted by atomic mass is 16.5. The van der Waals surface area contributed by atoms with Crippen LogP contribution in [0.3, 0.4) is 0 Å². The van der Waals surface area contributed by atoms with Gasteiger partial charge in [0.05, 0.1) is 12.6 Å². The largest absolute Gasteiger partial charge is 0.487 e. The summed E-state index contributed by atoms with van der Waals surface area (Å²) in [7, 11) is 0. The standard InChI is InChI=1S/C36H46N2O4/c1-23(2)21-38(32(40)14-9-25-6-4-5-24(3)19-25)29-12-11-28-30-20-27-10-13-31(41-18-17-39)34-33(27)36(28,35(29)42-34)15-16-37(30)22-26-7-8-26/h4-6,9-10,13-14,19,23,26,28-30,35,39H,7-8,11-12,15-18,20-22H2,1-3H3/t28-,29-,30+,35-,36-/m0/s1. The SMILES string of the molecule is Cc1cccc(C=CC(=O)N(CC(C)C)[C@H]2CC[C@H]3[C@H]4Cc5ccc(OCCO)c6c5[C@@]3(CCN4CC3CC3)[C@H]2O6)c1. The molecular formula is C36H46N2O4. The average Bonchev–Trinajstić information content (AvgIpc) is 3.73. The molecule has 2 aromatic carbocycles. The number of aryl methyl sites for hydroxylation is 1. The molecule has 2 heterocycles. The molecule has 3 aliphatic carbocycles. The van der Waals surface area contributed by atoms with Crippen molar-refractivity contribution in [2.45, 2.75) is 82.9 Å². The summed E-state index contributed by atoms with van der Waals surface area (Å²) < 4.78 is 13.2. The van der Waals surface area contributed by atoms with E-state index in [4.69, 9.17) is 9.47 Å². The minimum atomic E-state index is -0.106. The summed E-state index contributed by atoms with van der Waals surface area (Å²) in [5.74, 6) is 3.43. The van der Waals surface area contributed by atoms with Crippen LogP contribution < -0.4 is 9.47 Å². The smallest absolute Gasteiger partial charge is 0.246 e. The molecule has 2 saturated carbocycles. The Bertz CT molecular complexity index is 1370. The summed E-state index contributed by atoms with van der Waals surface area (Å²) in [6, 6.07) is 13.1. The van der Waals surface area contributed by atoms with Gasteiger partial charge in [-0.1, -0.05) is 49.7 Å². The van der Waals surface area contributed by atoms with Crippen LogP contribution in [0.15, 0.2) is 42.5 Å². The van der Waals surface area contributed by atoms with Gasteiger partial charge in [0.15, 0.2) is 11.5 Å². The fourth-order valence-electron chi connectivity index (χ4n) is 8.85. The third-order valence-corrected chi connectivity index (χ3v) is 10.6. The molecule has 0 unspecified atom stereocenters. The first kappa shape index (κ1) is 28.0. The molecule has 2 bridgehead atoms. The van der Waals surface area contributed by atoms with Crippen LogP contribution in [0.5, 0.6) is 11.5 Å². The van der Waals surface area contributed by atoms with Crippen LogP contribution >= 0.6 is 0 Å². The van der Waals surface area contributed by atoms with E-state index in [-0.39, 0.29) is 36.7 Å². The van der Waals surface area contributed by atoms with Gasteiger partial charge in [0.1, 0.15) is 12.7 Å². The average molecular weight is 571 g/mol. The molecule has 42 heavy (non-hydrogen) atoms. The summed E-state index contributed by atoms with van der Waals surface area (Å²) in [6.07, 6.45) is 10.6. The van der Waals surface area contributed by atoms with Crippen molar-refractivity contribution in [1.29, 1.82) is 0 Å². The Labute approximate surface area is 250 Å². The number of carbonyl (C=O) groups excluding carboxylic acids is 1. The van der Waals surface area contributed by atoms with Gasteiger partial charge in [-0.3, -0.25) is 9.69 Å². The molecule has 2 aliphatic heterocycles. The predicted molar refractivity (Wildman–Crippen MR) is 165 cm³/mol. The second kappa shape index (κ2) is 11.0. The van der Waals surface area contributed by atoms with Crippen LogP contribution in [0.1, 0.15) is 68.2 Å². The third-order valence-electron chi connectivity index (χ3n) is 10.6. The molecule has 1 saturated heterocycles. The molecular weight excluding hydrogens is 524 g/mol. The number of hydrogen-bond donors (Lipinski definition) is 1. The van der Waals surface area contributed by atoms with Crippen LogP contribution in [-0.4, -0.2) is 71.8 Å². The van der Waals surface area contributed by atoms with E-state index in [0.29, 0.717) is 24.4 Å². The minimum absolute atomic E-state index is 0.00187. The molecule has 5 atom stereocenters. The summed E-state index contributed by atoms with van der Waals surface area (Å²) in [5.41, 5.74) is 4.88. The van der Waals surface area contributed by atoms with Gasteiger partial charge in [-0.2, -0.15) is 0 Å². The lowest BCUT2D eigenvalue weighted by Gasteiger charge is -2.60. The number of amides is 1. The van der Waals surface area contributed by atoms with Crippen molar-refractivity contribution in [2.24, 2.45) is 17.8 Å². The van der Waals surface area contributed by atoms with Crippen molar-refractivity contribution in [3.05, 3.63) is 64.7 Å². The molecule has 0 aromatic heterocycles. The summed E-state index contributed by atoms with van der Waals surface area (Å²) in [6.45, 7) is 9.73. The van der Waals surface area contributed by atoms with E-state index in [9.17, 15) is 9.90 Å². The number of likely N-dealkylation sites (tertiary alicyclic amines) is 1. The fraction of sp³-hybridized carbons (Fsp3) is 0.583. The lowest BCUT2D eigenvalue weighted by molar-refractivity contribution is -0.138. The third kappa shape index (κ3) is 4.75. The molecule has 1 N–H and O–H groups in total. The lowest BCUT2D eigenvalue weighted by Crippen LogP contribution is -2.69. The Morgan fingerprint density at radius 2 is 2.07 bits per heavy atom. The highest BCUT2D eigenvalue weighted by molar-refractivity contribution is 5.92. The molecule has 2 aromatic rings. The van der Waals surface area contributed by atoms with Crippen molar-refractivity contribution in [1.82, 2.24) is 9.80 Å². The van der Waals surface area contributed by atoms with Crippen molar-refractivity contribution < 1.29 is 19.4 Å². The maximum Gasteiger partial charge on any atom is 0.246 e. The Hall–Kier alpha value is -2.83. The van der Waals surface area contributed by atoms with Crippen molar-refractivity contribution in [3.8, 4) is 11.5 Å². The van der Waals surface area contributed by atoms with Gasteiger partial charge in [0.25, 0.3) is 0 Å². The van der Waals surface area contributed by atoms with Gasteiger partial charge >= 0.3 is 0 Å². The highest BCUT2D eigenvalue weighted by Crippen LogP contribution is 2.64. The molecule has 0 radical (unpaired) electrons. The van der Waals surface area contributed by atoms with Crippen molar-refractivity contribution in [3.63, 3.8) is 0 Å². The molecule has 5 aliphatic rings. The topological polar surface area (TPSA) is 62.2 Å². The number of hydrogen-bond acceptors (Lipinski definition) is 5. The fourth-order valence-corrected chi connectivity index (χ4v) is 8.85. The first-order valence-corrected chi connectivity index (χ1v) is 16.2. The number of aliphatic hydroxyl groups is 1. The molecule has 3 fully saturated rings. The molecule has 1 amide bonds. The van der Waals surface area contributed by atoms with Gasteiger partial charge in [-0.15, -0.1) is 0 Å². The maximum atomic E-state index is 14.0. The van der Waals surface area contributed by atoms with E-state index >= 15 is 0 Å². The normalized spacial score (nSPS) is 29.5. The number of nitrogens with zero attached hydrogens (tertiary/aromatic N) is 2. The minimum Gasteiger partial charge on any atom is -0.487 e. The van der Waals surface area contributed by atoms with Crippen LogP contribution in [0.4, 0.5) is 0 Å². The van der Waals surface area contributed by atoms with Gasteiger partial charge in [0, 0.05) is 36.2 Å². The summed E-state index contributed by atoms with van der Waals surface area (Å²) >= 11 is 0. The number of benzene rings is 2. The van der Waals surface area contributed by atoms with Crippen LogP contribution in [0, 0.1) is 24.7 Å². The number of piperidine rings is 1. The van der Waals surface area contributed by atoms with E-state index in [1.165, 1.54) is 36.1 Å². The van der Waals surface area contributed by atoms with Crippen LogP contribution in [-0.2, 0) is 16.6 Å². The Kier molecular flexibility index (Phi) is 7.34. The zero-order valence-corrected chi connectivity index (χ0v) is 25.4. The zero-order valence-electron chi connectivity index (χ0n) is 25.4. The first-order valence-electron chi connectivity index (χ1n) is 16.2. The molecule has 1 spiro atoms. The maximum absolute atomic E-state index is 14.0. The van der Waals surface area contributed by atoms with E-state index in [2.05, 4.69) is 60.9 Å². The van der Waals surface area contributed by atoms with Gasteiger partial charge in [-0.05, 0) is 93.0 Å². The van der Waals surface area contributed by atoms with Crippen LogP contribution in [0.25, 0.3) is 6.08 Å². The number of aliphatic hydroxyl groups excluding tert-OH is 1. The summed E-state index contributed by atoms with van der Waals surface area (Å²) in [5, 5.41) is 9.52.